The van der Waals surface area contributed by atoms with E-state index in [0.717, 1.165) is 6.54 Å². The van der Waals surface area contributed by atoms with Gasteiger partial charge in [-0.1, -0.05) is 60.7 Å². The first-order chi connectivity index (χ1) is 11.3. The summed E-state index contributed by atoms with van der Waals surface area (Å²) in [5, 5.41) is 0. The first-order valence-corrected chi connectivity index (χ1v) is 8.13. The Labute approximate surface area is 137 Å². The van der Waals surface area contributed by atoms with Crippen LogP contribution in [0.5, 0.6) is 0 Å². The van der Waals surface area contributed by atoms with Gasteiger partial charge in [-0.3, -0.25) is 4.99 Å². The minimum absolute atomic E-state index is 0.255. The number of hydrogen-bond acceptors (Lipinski definition) is 2. The van der Waals surface area contributed by atoms with E-state index >= 15 is 0 Å². The van der Waals surface area contributed by atoms with Crippen LogP contribution in [0, 0.1) is 5.92 Å². The van der Waals surface area contributed by atoms with Crippen molar-refractivity contribution >= 4 is 17.5 Å². The van der Waals surface area contributed by atoms with Gasteiger partial charge in [0.25, 0.3) is 0 Å². The molecule has 2 unspecified atom stereocenters. The van der Waals surface area contributed by atoms with Crippen LogP contribution in [-0.4, -0.2) is 18.8 Å². The van der Waals surface area contributed by atoms with Gasteiger partial charge in [-0.25, -0.2) is 0 Å². The third-order valence-electron chi connectivity index (χ3n) is 4.59. The van der Waals surface area contributed by atoms with Crippen molar-refractivity contribution in [3.05, 3.63) is 84.1 Å². The minimum Gasteiger partial charge on any atom is -0.336 e. The van der Waals surface area contributed by atoms with Crippen LogP contribution in [0.15, 0.2) is 83.6 Å². The number of nitrogens with zero attached hydrogens (tertiary/aromatic N) is 2. The molecule has 0 spiro atoms. The number of allylic oxidation sites excluding steroid dienone is 6. The molecule has 2 aliphatic heterocycles. The summed E-state index contributed by atoms with van der Waals surface area (Å²) in [4.78, 5) is 7.10. The molecule has 4 rings (SSSR count). The fourth-order valence-corrected chi connectivity index (χ4v) is 3.33. The summed E-state index contributed by atoms with van der Waals surface area (Å²) in [6.07, 6.45) is 19.5. The van der Waals surface area contributed by atoms with Gasteiger partial charge in [-0.05, 0) is 24.6 Å². The predicted octanol–water partition coefficient (Wildman–Crippen LogP) is 4.55. The summed E-state index contributed by atoms with van der Waals surface area (Å²) in [5.41, 5.74) is 5.00. The van der Waals surface area contributed by atoms with E-state index in [9.17, 15) is 0 Å². The van der Waals surface area contributed by atoms with Crippen molar-refractivity contribution in [2.24, 2.45) is 10.9 Å². The van der Waals surface area contributed by atoms with Gasteiger partial charge in [0.1, 0.15) is 0 Å². The standard InChI is InChI=1S/C21H20N2/c1-16-8-6-7-13-23(21-12-5-3-10-19(16)21)18-14-17-9-2-4-11-20(17)22-15-18/h2-12,14-15,17,20H,13H2,1H3/b7-6-,16-8+. The molecule has 2 heteroatoms. The maximum atomic E-state index is 4.74. The molecule has 3 aliphatic rings. The van der Waals surface area contributed by atoms with Gasteiger partial charge in [-0.2, -0.15) is 0 Å². The SMILES string of the molecule is C/C1=C\C=C/CN(C2=CC3C=CC=CC3N=C2)c2ccccc21. The van der Waals surface area contributed by atoms with Crippen molar-refractivity contribution in [3.63, 3.8) is 0 Å². The highest BCUT2D eigenvalue weighted by atomic mass is 15.1. The molecule has 0 radical (unpaired) electrons. The Hall–Kier alpha value is -2.61. The fourth-order valence-electron chi connectivity index (χ4n) is 3.33. The first kappa shape index (κ1) is 14.0. The van der Waals surface area contributed by atoms with Gasteiger partial charge in [0, 0.05) is 29.9 Å². The largest absolute Gasteiger partial charge is 0.336 e. The van der Waals surface area contributed by atoms with Crippen molar-refractivity contribution in [2.75, 3.05) is 11.4 Å². The van der Waals surface area contributed by atoms with Crippen LogP contribution in [-0.2, 0) is 0 Å². The third-order valence-corrected chi connectivity index (χ3v) is 4.59. The van der Waals surface area contributed by atoms with Crippen molar-refractivity contribution < 1.29 is 0 Å². The van der Waals surface area contributed by atoms with E-state index in [0.29, 0.717) is 5.92 Å². The summed E-state index contributed by atoms with van der Waals surface area (Å²) in [6, 6.07) is 8.86. The minimum atomic E-state index is 0.255. The molecule has 0 saturated heterocycles. The number of para-hydroxylation sites is 1. The molecule has 2 heterocycles. The zero-order chi connectivity index (χ0) is 15.6. The van der Waals surface area contributed by atoms with E-state index in [1.807, 2.05) is 6.21 Å². The Kier molecular flexibility index (Phi) is 3.58. The average Bonchev–Trinajstić information content (AvgIpc) is 2.60. The number of hydrogen-bond donors (Lipinski definition) is 0. The molecular weight excluding hydrogens is 280 g/mol. The zero-order valence-electron chi connectivity index (χ0n) is 13.3. The van der Waals surface area contributed by atoms with Crippen LogP contribution in [0.3, 0.4) is 0 Å². The Bertz CT molecular complexity index is 790. The molecule has 0 saturated carbocycles. The second kappa shape index (κ2) is 5.88. The maximum Gasteiger partial charge on any atom is 0.0781 e. The van der Waals surface area contributed by atoms with E-state index in [-0.39, 0.29) is 6.04 Å². The van der Waals surface area contributed by atoms with Crippen molar-refractivity contribution in [2.45, 2.75) is 13.0 Å². The predicted molar refractivity (Wildman–Crippen MR) is 98.7 cm³/mol. The normalized spacial score (nSPS) is 28.8. The summed E-state index contributed by atoms with van der Waals surface area (Å²) in [6.45, 7) is 3.02. The molecule has 0 aromatic heterocycles. The van der Waals surface area contributed by atoms with E-state index in [2.05, 4.69) is 84.7 Å². The molecule has 1 aliphatic carbocycles. The lowest BCUT2D eigenvalue weighted by Gasteiger charge is -2.32. The van der Waals surface area contributed by atoms with Crippen molar-refractivity contribution in [1.29, 1.82) is 0 Å². The molecule has 1 aromatic rings. The molecule has 23 heavy (non-hydrogen) atoms. The first-order valence-electron chi connectivity index (χ1n) is 8.13. The Morgan fingerprint density at radius 3 is 2.91 bits per heavy atom. The molecule has 0 bridgehead atoms. The maximum absolute atomic E-state index is 4.74. The molecule has 2 atom stereocenters. The summed E-state index contributed by atoms with van der Waals surface area (Å²) in [5.74, 6) is 0.359. The number of aliphatic imine (C=N–C) groups is 1. The van der Waals surface area contributed by atoms with Gasteiger partial charge < -0.3 is 4.90 Å². The topological polar surface area (TPSA) is 15.6 Å². The molecule has 2 nitrogen and oxygen atoms in total. The lowest BCUT2D eigenvalue weighted by atomic mass is 9.92. The van der Waals surface area contributed by atoms with Gasteiger partial charge in [0.15, 0.2) is 0 Å². The van der Waals surface area contributed by atoms with Crippen LogP contribution in [0.1, 0.15) is 12.5 Å². The number of dihydropyridines is 1. The molecule has 1 aromatic carbocycles. The van der Waals surface area contributed by atoms with Gasteiger partial charge in [-0.15, -0.1) is 0 Å². The Morgan fingerprint density at radius 1 is 1.09 bits per heavy atom. The Morgan fingerprint density at radius 2 is 1.96 bits per heavy atom. The van der Waals surface area contributed by atoms with E-state index in [1.165, 1.54) is 22.5 Å². The molecule has 0 fully saturated rings. The van der Waals surface area contributed by atoms with Crippen molar-refractivity contribution in [1.82, 2.24) is 0 Å². The van der Waals surface area contributed by atoms with Crippen LogP contribution >= 0.6 is 0 Å². The fraction of sp³-hybridized carbons (Fsp3) is 0.190. The van der Waals surface area contributed by atoms with Gasteiger partial charge in [0.05, 0.1) is 11.7 Å². The van der Waals surface area contributed by atoms with Crippen LogP contribution in [0.25, 0.3) is 5.57 Å². The number of benzene rings is 1. The van der Waals surface area contributed by atoms with E-state index in [1.54, 1.807) is 0 Å². The highest BCUT2D eigenvalue weighted by Crippen LogP contribution is 2.32. The highest BCUT2D eigenvalue weighted by Gasteiger charge is 2.23. The molecule has 0 N–H and O–H groups in total. The zero-order valence-corrected chi connectivity index (χ0v) is 13.3. The van der Waals surface area contributed by atoms with Crippen LogP contribution in [0.2, 0.25) is 0 Å². The Balaban J connectivity index is 1.76. The number of fused-ring (bicyclic) bond motifs is 2. The lowest BCUT2D eigenvalue weighted by molar-refractivity contribution is 0.674. The molecule has 114 valence electrons. The second-order valence-electron chi connectivity index (χ2n) is 6.11. The summed E-state index contributed by atoms with van der Waals surface area (Å²) in [7, 11) is 0. The smallest absolute Gasteiger partial charge is 0.0781 e. The van der Waals surface area contributed by atoms with E-state index < -0.39 is 0 Å². The van der Waals surface area contributed by atoms with Crippen molar-refractivity contribution in [3.8, 4) is 0 Å². The third kappa shape index (κ3) is 2.61. The summed E-state index contributed by atoms with van der Waals surface area (Å²) >= 11 is 0. The quantitative estimate of drug-likeness (QED) is 0.743. The number of anilines is 1. The molecule has 0 amide bonds. The summed E-state index contributed by atoms with van der Waals surface area (Å²) < 4.78 is 0. The van der Waals surface area contributed by atoms with Gasteiger partial charge in [0.2, 0.25) is 0 Å². The van der Waals surface area contributed by atoms with Crippen LogP contribution < -0.4 is 4.90 Å². The van der Waals surface area contributed by atoms with E-state index in [4.69, 9.17) is 4.99 Å². The number of rotatable bonds is 1. The molecular formula is C21H20N2. The lowest BCUT2D eigenvalue weighted by Crippen LogP contribution is -2.30. The highest BCUT2D eigenvalue weighted by molar-refractivity contribution is 5.89. The van der Waals surface area contributed by atoms with Gasteiger partial charge >= 0.3 is 0 Å². The monoisotopic (exact) mass is 300 g/mol. The van der Waals surface area contributed by atoms with Crippen LogP contribution in [0.4, 0.5) is 5.69 Å². The average molecular weight is 300 g/mol. The second-order valence-corrected chi connectivity index (χ2v) is 6.11.